The van der Waals surface area contributed by atoms with Crippen molar-refractivity contribution in [1.82, 2.24) is 10.2 Å². The zero-order chi connectivity index (χ0) is 11.6. The number of rotatable bonds is 6. The molecule has 1 N–H and O–H groups in total. The summed E-state index contributed by atoms with van der Waals surface area (Å²) in [6, 6.07) is 1.57. The zero-order valence-electron chi connectivity index (χ0n) is 11.3. The third kappa shape index (κ3) is 2.98. The molecule has 0 aromatic rings. The van der Waals surface area contributed by atoms with E-state index in [0.29, 0.717) is 11.5 Å². The Hall–Kier alpha value is -0.0800. The fourth-order valence-corrected chi connectivity index (χ4v) is 2.86. The maximum absolute atomic E-state index is 3.70. The summed E-state index contributed by atoms with van der Waals surface area (Å²) in [4.78, 5) is 2.56. The molecule has 1 atom stereocenters. The van der Waals surface area contributed by atoms with Gasteiger partial charge in [0.25, 0.3) is 0 Å². The Morgan fingerprint density at radius 1 is 1.31 bits per heavy atom. The molecule has 2 heteroatoms. The largest absolute Gasteiger partial charge is 0.312 e. The second kappa shape index (κ2) is 5.05. The SMILES string of the molecule is CC(NCCN(C)C1CCCC1)C1(C)CC1. The van der Waals surface area contributed by atoms with Gasteiger partial charge in [-0.25, -0.2) is 0 Å². The van der Waals surface area contributed by atoms with Gasteiger partial charge in [-0.15, -0.1) is 0 Å². The second-order valence-corrected chi connectivity index (χ2v) is 6.25. The Morgan fingerprint density at radius 3 is 2.50 bits per heavy atom. The van der Waals surface area contributed by atoms with Gasteiger partial charge in [0.05, 0.1) is 0 Å². The highest BCUT2D eigenvalue weighted by atomic mass is 15.1. The minimum atomic E-state index is 0.617. The first-order valence-corrected chi connectivity index (χ1v) is 7.05. The molecular formula is C14H28N2. The van der Waals surface area contributed by atoms with Crippen LogP contribution in [0.2, 0.25) is 0 Å². The number of nitrogens with one attached hydrogen (secondary N) is 1. The van der Waals surface area contributed by atoms with Crippen molar-refractivity contribution < 1.29 is 0 Å². The van der Waals surface area contributed by atoms with E-state index in [4.69, 9.17) is 0 Å². The van der Waals surface area contributed by atoms with E-state index >= 15 is 0 Å². The number of hydrogen-bond donors (Lipinski definition) is 1. The van der Waals surface area contributed by atoms with Gasteiger partial charge in [0.15, 0.2) is 0 Å². The molecule has 0 bridgehead atoms. The van der Waals surface area contributed by atoms with Gasteiger partial charge in [-0.05, 0) is 45.1 Å². The van der Waals surface area contributed by atoms with Crippen molar-refractivity contribution in [3.63, 3.8) is 0 Å². The summed E-state index contributed by atoms with van der Waals surface area (Å²) in [6.45, 7) is 7.13. The van der Waals surface area contributed by atoms with Crippen LogP contribution < -0.4 is 5.32 Å². The van der Waals surface area contributed by atoms with Crippen LogP contribution in [0, 0.1) is 5.41 Å². The van der Waals surface area contributed by atoms with E-state index in [1.807, 2.05) is 0 Å². The Balaban J connectivity index is 1.60. The highest BCUT2D eigenvalue weighted by Crippen LogP contribution is 2.47. The smallest absolute Gasteiger partial charge is 0.0107 e. The van der Waals surface area contributed by atoms with Crippen LogP contribution in [0.3, 0.4) is 0 Å². The van der Waals surface area contributed by atoms with Crippen LogP contribution in [-0.2, 0) is 0 Å². The molecule has 16 heavy (non-hydrogen) atoms. The lowest BCUT2D eigenvalue weighted by atomic mass is 10.0. The van der Waals surface area contributed by atoms with Crippen LogP contribution in [0.5, 0.6) is 0 Å². The van der Waals surface area contributed by atoms with Crippen LogP contribution in [0.1, 0.15) is 52.4 Å². The van der Waals surface area contributed by atoms with E-state index in [0.717, 1.165) is 12.6 Å². The molecule has 2 rings (SSSR count). The molecule has 0 spiro atoms. The van der Waals surface area contributed by atoms with Crippen LogP contribution in [0.4, 0.5) is 0 Å². The summed E-state index contributed by atoms with van der Waals surface area (Å²) < 4.78 is 0. The molecule has 0 radical (unpaired) electrons. The van der Waals surface area contributed by atoms with Crippen molar-refractivity contribution in [2.45, 2.75) is 64.5 Å². The summed E-state index contributed by atoms with van der Waals surface area (Å²) in [7, 11) is 2.29. The molecule has 0 aromatic carbocycles. The highest BCUT2D eigenvalue weighted by Gasteiger charge is 2.42. The number of hydrogen-bond acceptors (Lipinski definition) is 2. The topological polar surface area (TPSA) is 15.3 Å². The minimum Gasteiger partial charge on any atom is -0.312 e. The first-order chi connectivity index (χ1) is 7.62. The van der Waals surface area contributed by atoms with Crippen LogP contribution in [-0.4, -0.2) is 37.1 Å². The average molecular weight is 224 g/mol. The maximum Gasteiger partial charge on any atom is 0.0107 e. The van der Waals surface area contributed by atoms with Gasteiger partial charge in [0.1, 0.15) is 0 Å². The Kier molecular flexibility index (Phi) is 3.91. The molecule has 2 saturated carbocycles. The van der Waals surface area contributed by atoms with Crippen molar-refractivity contribution >= 4 is 0 Å². The van der Waals surface area contributed by atoms with Crippen molar-refractivity contribution in [1.29, 1.82) is 0 Å². The molecule has 0 aliphatic heterocycles. The fourth-order valence-electron chi connectivity index (χ4n) is 2.86. The Labute approximate surface area is 101 Å². The van der Waals surface area contributed by atoms with E-state index < -0.39 is 0 Å². The summed E-state index contributed by atoms with van der Waals surface area (Å²) >= 11 is 0. The lowest BCUT2D eigenvalue weighted by Gasteiger charge is -2.26. The van der Waals surface area contributed by atoms with E-state index in [1.54, 1.807) is 0 Å². The lowest BCUT2D eigenvalue weighted by Crippen LogP contribution is -2.40. The van der Waals surface area contributed by atoms with E-state index in [-0.39, 0.29) is 0 Å². The summed E-state index contributed by atoms with van der Waals surface area (Å²) in [5.74, 6) is 0. The molecule has 0 saturated heterocycles. The lowest BCUT2D eigenvalue weighted by molar-refractivity contribution is 0.237. The van der Waals surface area contributed by atoms with E-state index in [2.05, 4.69) is 31.1 Å². The standard InChI is InChI=1S/C14H28N2/c1-12(14(2)8-9-14)15-10-11-16(3)13-6-4-5-7-13/h12-13,15H,4-11H2,1-3H3. The van der Waals surface area contributed by atoms with Crippen molar-refractivity contribution in [2.75, 3.05) is 20.1 Å². The predicted molar refractivity (Wildman–Crippen MR) is 69.7 cm³/mol. The predicted octanol–water partition coefficient (Wildman–Crippen LogP) is 2.64. The first kappa shape index (κ1) is 12.4. The minimum absolute atomic E-state index is 0.617. The molecule has 2 fully saturated rings. The van der Waals surface area contributed by atoms with Crippen molar-refractivity contribution in [3.8, 4) is 0 Å². The number of likely N-dealkylation sites (N-methyl/N-ethyl adjacent to an activating group) is 1. The van der Waals surface area contributed by atoms with Gasteiger partial charge < -0.3 is 10.2 Å². The van der Waals surface area contributed by atoms with E-state index in [1.165, 1.54) is 45.1 Å². The van der Waals surface area contributed by atoms with Gasteiger partial charge in [-0.3, -0.25) is 0 Å². The summed E-state index contributed by atoms with van der Waals surface area (Å²) in [5, 5.41) is 3.70. The van der Waals surface area contributed by atoms with Crippen molar-refractivity contribution in [2.24, 2.45) is 5.41 Å². The van der Waals surface area contributed by atoms with Gasteiger partial charge in [-0.2, -0.15) is 0 Å². The van der Waals surface area contributed by atoms with Crippen LogP contribution >= 0.6 is 0 Å². The molecule has 0 heterocycles. The average Bonchev–Trinajstić information content (AvgIpc) is 2.83. The van der Waals surface area contributed by atoms with Gasteiger partial charge in [-0.1, -0.05) is 19.8 Å². The number of nitrogens with zero attached hydrogens (tertiary/aromatic N) is 1. The molecular weight excluding hydrogens is 196 g/mol. The van der Waals surface area contributed by atoms with Crippen molar-refractivity contribution in [3.05, 3.63) is 0 Å². The maximum atomic E-state index is 3.70. The normalized spacial score (nSPS) is 26.2. The molecule has 0 aromatic heterocycles. The Bertz CT molecular complexity index is 217. The van der Waals surface area contributed by atoms with Gasteiger partial charge in [0.2, 0.25) is 0 Å². The first-order valence-electron chi connectivity index (χ1n) is 7.05. The Morgan fingerprint density at radius 2 is 1.94 bits per heavy atom. The second-order valence-electron chi connectivity index (χ2n) is 6.25. The summed E-state index contributed by atoms with van der Waals surface area (Å²) in [6.07, 6.45) is 8.56. The van der Waals surface area contributed by atoms with Gasteiger partial charge in [0, 0.05) is 25.2 Å². The monoisotopic (exact) mass is 224 g/mol. The van der Waals surface area contributed by atoms with E-state index in [9.17, 15) is 0 Å². The third-order valence-corrected chi connectivity index (χ3v) is 4.95. The van der Waals surface area contributed by atoms with Crippen LogP contribution in [0.25, 0.3) is 0 Å². The highest BCUT2D eigenvalue weighted by molar-refractivity contribution is 4.96. The molecule has 1 unspecified atom stereocenters. The quantitative estimate of drug-likeness (QED) is 0.746. The fraction of sp³-hybridized carbons (Fsp3) is 1.00. The molecule has 2 aliphatic rings. The van der Waals surface area contributed by atoms with Crippen LogP contribution in [0.15, 0.2) is 0 Å². The molecule has 2 nitrogen and oxygen atoms in total. The van der Waals surface area contributed by atoms with Gasteiger partial charge >= 0.3 is 0 Å². The summed E-state index contributed by atoms with van der Waals surface area (Å²) in [5.41, 5.74) is 0.617. The zero-order valence-corrected chi connectivity index (χ0v) is 11.3. The molecule has 0 amide bonds. The third-order valence-electron chi connectivity index (χ3n) is 4.95. The molecule has 94 valence electrons. The molecule has 2 aliphatic carbocycles.